The van der Waals surface area contributed by atoms with E-state index in [9.17, 15) is 22.4 Å². The molecule has 3 aromatic rings. The summed E-state index contributed by atoms with van der Waals surface area (Å²) in [7, 11) is 0. The molecule has 2 saturated heterocycles. The van der Waals surface area contributed by atoms with Gasteiger partial charge in [0, 0.05) is 23.6 Å². The summed E-state index contributed by atoms with van der Waals surface area (Å²) in [5.74, 6) is -0.151. The van der Waals surface area contributed by atoms with Gasteiger partial charge in [0.15, 0.2) is 0 Å². The lowest BCUT2D eigenvalue weighted by atomic mass is 9.86. The van der Waals surface area contributed by atoms with Gasteiger partial charge in [0.2, 0.25) is 0 Å². The topological polar surface area (TPSA) is 72.6 Å². The van der Waals surface area contributed by atoms with E-state index in [-0.39, 0.29) is 87.5 Å². The fraction of sp³-hybridized carbons (Fsp3) is 0.500. The first-order valence-corrected chi connectivity index (χ1v) is 11.8. The predicted octanol–water partition coefficient (Wildman–Crippen LogP) is 5.43. The summed E-state index contributed by atoms with van der Waals surface area (Å²) in [6.07, 6.45) is 3.34. The number of aromatic nitrogens is 4. The first-order valence-electron chi connectivity index (χ1n) is 11.8. The van der Waals surface area contributed by atoms with E-state index in [4.69, 9.17) is 0 Å². The number of carbonyl (C=O) groups excluding carboxylic acids is 1. The van der Waals surface area contributed by atoms with Crippen LogP contribution in [0, 0.1) is 0 Å². The Morgan fingerprint density at radius 2 is 1.68 bits per heavy atom. The highest BCUT2D eigenvalue weighted by atomic mass is 32.1. The summed E-state index contributed by atoms with van der Waals surface area (Å²) in [5.41, 5.74) is 1.33. The molecule has 3 atom stereocenters. The van der Waals surface area contributed by atoms with E-state index in [2.05, 4.69) is 19.8 Å². The van der Waals surface area contributed by atoms with E-state index >= 15 is 0 Å². The Hall–Kier alpha value is -2.19. The molecule has 0 unspecified atom stereocenters. The maximum absolute atomic E-state index is 13.8. The molecule has 0 N–H and O–H groups in total. The Balaban J connectivity index is 0.00000133. The van der Waals surface area contributed by atoms with Gasteiger partial charge in [-0.3, -0.25) is 4.79 Å². The lowest BCUT2D eigenvalue weighted by Gasteiger charge is -2.40. The average Bonchev–Trinajstić information content (AvgIpc) is 3.50. The number of benzene rings is 1. The predicted molar refractivity (Wildman–Crippen MR) is 147 cm³/mol. The van der Waals surface area contributed by atoms with Crippen LogP contribution in [-0.4, -0.2) is 49.1 Å². The van der Waals surface area contributed by atoms with Crippen molar-refractivity contribution < 1.29 is 27.1 Å². The van der Waals surface area contributed by atoms with Crippen molar-refractivity contribution in [2.24, 2.45) is 0 Å². The monoisotopic (exact) mass is 591 g/mol. The number of ether oxygens (including phenoxy) is 1. The lowest BCUT2D eigenvalue weighted by molar-refractivity contribution is -0.0499. The van der Waals surface area contributed by atoms with E-state index < -0.39 is 13.0 Å². The number of hydrogen-bond donors (Lipinski definition) is 0. The highest BCUT2D eigenvalue weighted by Crippen LogP contribution is 2.46. The van der Waals surface area contributed by atoms with Crippen LogP contribution in [0.5, 0.6) is 5.75 Å². The maximum atomic E-state index is 13.8. The highest BCUT2D eigenvalue weighted by Gasteiger charge is 2.46. The van der Waals surface area contributed by atoms with Gasteiger partial charge >= 0.3 is 6.61 Å². The Morgan fingerprint density at radius 1 is 0.947 bits per heavy atom. The minimum atomic E-state index is -2.98. The Morgan fingerprint density at radius 3 is 2.37 bits per heavy atom. The number of hydrogen-bond acceptors (Lipinski definition) is 5. The summed E-state index contributed by atoms with van der Waals surface area (Å²) in [4.78, 5) is 23.5. The molecule has 4 heterocycles. The second-order valence-corrected chi connectivity index (χ2v) is 9.52. The Labute approximate surface area is 237 Å². The number of carbonyl (C=O) groups is 1. The Bertz CT molecular complexity index is 1290. The van der Waals surface area contributed by atoms with Crippen LogP contribution in [0.1, 0.15) is 84.1 Å². The van der Waals surface area contributed by atoms with Crippen molar-refractivity contribution in [3.8, 4) is 5.75 Å². The van der Waals surface area contributed by atoms with E-state index in [0.717, 1.165) is 24.8 Å². The zero-order chi connectivity index (χ0) is 24.3. The van der Waals surface area contributed by atoms with Gasteiger partial charge in [-0.25, -0.2) is 18.3 Å². The summed E-state index contributed by atoms with van der Waals surface area (Å²) >= 11 is 0. The standard InChI is InChI=1S/C24H23F4N5O2.3H2S/c25-21(26)18-10-20(33-24(31-18)29-11-30-33)17-5-3-15-4-6-19(17)32(15)22(34)14-7-13(12-1-2-12)8-16(9-14)35-23(27)28;;;/h7-12,15,17,19,21,23H,1-6H2;3*1H2/t15-,17-,19-;;;/m0.../s1. The summed E-state index contributed by atoms with van der Waals surface area (Å²) in [6, 6.07) is 5.87. The third-order valence-corrected chi connectivity index (χ3v) is 7.41. The fourth-order valence-corrected chi connectivity index (χ4v) is 5.76. The van der Waals surface area contributed by atoms with Crippen LogP contribution in [0.4, 0.5) is 17.6 Å². The minimum Gasteiger partial charge on any atom is -0.435 e. The molecule has 3 aliphatic rings. The van der Waals surface area contributed by atoms with Crippen molar-refractivity contribution in [1.82, 2.24) is 24.5 Å². The quantitative estimate of drug-likeness (QED) is 0.358. The van der Waals surface area contributed by atoms with Crippen LogP contribution in [0.15, 0.2) is 30.6 Å². The largest absolute Gasteiger partial charge is 0.435 e. The fourth-order valence-electron chi connectivity index (χ4n) is 5.76. The van der Waals surface area contributed by atoms with Gasteiger partial charge in [0.25, 0.3) is 18.1 Å². The van der Waals surface area contributed by atoms with Crippen LogP contribution >= 0.6 is 40.5 Å². The van der Waals surface area contributed by atoms with Crippen molar-refractivity contribution in [2.75, 3.05) is 0 Å². The van der Waals surface area contributed by atoms with Crippen LogP contribution < -0.4 is 4.74 Å². The number of fused-ring (bicyclic) bond motifs is 3. The molecule has 208 valence electrons. The van der Waals surface area contributed by atoms with Gasteiger partial charge in [0.1, 0.15) is 17.8 Å². The molecule has 6 rings (SSSR count). The number of amides is 1. The average molecular weight is 592 g/mol. The SMILES string of the molecule is O=C(c1cc(OC(F)F)cc(C2CC2)c1)N1[C@H]2CC[C@H](c3cc(C(F)F)nc4ncnn34)[C@@H]1CC2.S.S.S. The zero-order valence-electron chi connectivity index (χ0n) is 20.2. The number of halogens is 4. The molecule has 14 heteroatoms. The number of nitrogens with zero attached hydrogens (tertiary/aromatic N) is 5. The van der Waals surface area contributed by atoms with E-state index in [1.54, 1.807) is 12.1 Å². The van der Waals surface area contributed by atoms with Crippen molar-refractivity contribution in [2.45, 2.75) is 75.5 Å². The first kappa shape index (κ1) is 30.4. The van der Waals surface area contributed by atoms with Crippen LogP contribution in [-0.2, 0) is 0 Å². The van der Waals surface area contributed by atoms with Gasteiger partial charge < -0.3 is 9.64 Å². The molecule has 7 nitrogen and oxygen atoms in total. The lowest BCUT2D eigenvalue weighted by Crippen LogP contribution is -2.47. The van der Waals surface area contributed by atoms with Crippen molar-refractivity contribution in [3.63, 3.8) is 0 Å². The second-order valence-electron chi connectivity index (χ2n) is 9.52. The van der Waals surface area contributed by atoms with Crippen LogP contribution in [0.3, 0.4) is 0 Å². The molecule has 0 radical (unpaired) electrons. The van der Waals surface area contributed by atoms with Crippen LogP contribution in [0.25, 0.3) is 5.78 Å². The van der Waals surface area contributed by atoms with E-state index in [1.165, 1.54) is 23.0 Å². The molecular weight excluding hydrogens is 562 g/mol. The molecule has 38 heavy (non-hydrogen) atoms. The van der Waals surface area contributed by atoms with Gasteiger partial charge in [-0.15, -0.1) is 0 Å². The molecule has 0 spiro atoms. The smallest absolute Gasteiger partial charge is 0.387 e. The minimum absolute atomic E-state index is 0. The molecule has 1 saturated carbocycles. The second kappa shape index (κ2) is 11.9. The molecule has 1 amide bonds. The Kier molecular flexibility index (Phi) is 9.51. The molecule has 1 aliphatic carbocycles. The van der Waals surface area contributed by atoms with Crippen molar-refractivity contribution in [3.05, 3.63) is 53.1 Å². The number of piperidine rings is 1. The number of alkyl halides is 4. The highest BCUT2D eigenvalue weighted by molar-refractivity contribution is 7.59. The molecule has 2 aliphatic heterocycles. The van der Waals surface area contributed by atoms with Gasteiger partial charge in [-0.05, 0) is 74.3 Å². The molecule has 2 bridgehead atoms. The zero-order valence-corrected chi connectivity index (χ0v) is 23.2. The van der Waals surface area contributed by atoms with Crippen molar-refractivity contribution >= 4 is 52.2 Å². The van der Waals surface area contributed by atoms with E-state index in [1.807, 2.05) is 4.90 Å². The van der Waals surface area contributed by atoms with Crippen molar-refractivity contribution in [1.29, 1.82) is 0 Å². The molecule has 3 fully saturated rings. The number of rotatable bonds is 6. The third kappa shape index (κ3) is 5.57. The normalized spacial score (nSPS) is 22.2. The summed E-state index contributed by atoms with van der Waals surface area (Å²) in [6.45, 7) is -2.98. The summed E-state index contributed by atoms with van der Waals surface area (Å²) < 4.78 is 59.1. The van der Waals surface area contributed by atoms with Crippen LogP contribution in [0.2, 0.25) is 0 Å². The molecular formula is C24H29F4N5O2S3. The van der Waals surface area contributed by atoms with E-state index in [0.29, 0.717) is 30.5 Å². The third-order valence-electron chi connectivity index (χ3n) is 7.41. The maximum Gasteiger partial charge on any atom is 0.387 e. The molecule has 1 aromatic carbocycles. The summed E-state index contributed by atoms with van der Waals surface area (Å²) in [5, 5.41) is 4.19. The first-order chi connectivity index (χ1) is 16.9. The molecule has 2 aromatic heterocycles. The van der Waals surface area contributed by atoms with Gasteiger partial charge in [0.05, 0.1) is 5.69 Å². The van der Waals surface area contributed by atoms with Gasteiger partial charge in [-0.2, -0.15) is 59.4 Å². The van der Waals surface area contributed by atoms with Gasteiger partial charge in [-0.1, -0.05) is 0 Å².